The van der Waals surface area contributed by atoms with Crippen LogP contribution in [0, 0.1) is 0 Å². The Morgan fingerprint density at radius 2 is 2.30 bits per heavy atom. The molecule has 23 heavy (non-hydrogen) atoms. The molecule has 1 aliphatic carbocycles. The fourth-order valence-electron chi connectivity index (χ4n) is 2.76. The number of carboxylic acid groups (broad SMARTS) is 1. The molecule has 0 aromatic carbocycles. The molecule has 6 nitrogen and oxygen atoms in total. The number of nitrogens with zero attached hydrogens (tertiary/aromatic N) is 1. The van der Waals surface area contributed by atoms with E-state index in [0.717, 1.165) is 35.0 Å². The maximum absolute atomic E-state index is 12.3. The molecule has 8 heteroatoms. The first-order chi connectivity index (χ1) is 11.1. The molecule has 0 aliphatic heterocycles. The molecule has 2 N–H and O–H groups in total. The van der Waals surface area contributed by atoms with E-state index < -0.39 is 5.97 Å². The summed E-state index contributed by atoms with van der Waals surface area (Å²) in [6.45, 7) is 0. The summed E-state index contributed by atoms with van der Waals surface area (Å²) in [7, 11) is 0. The Hall–Kier alpha value is -2.06. The van der Waals surface area contributed by atoms with Gasteiger partial charge in [-0.25, -0.2) is 9.78 Å². The van der Waals surface area contributed by atoms with Crippen molar-refractivity contribution in [1.29, 1.82) is 0 Å². The van der Waals surface area contributed by atoms with Crippen molar-refractivity contribution in [3.63, 3.8) is 0 Å². The summed E-state index contributed by atoms with van der Waals surface area (Å²) in [5, 5.41) is 10.1. The number of carbonyl (C=O) groups is 1. The number of hydrogen-bond donors (Lipinski definition) is 2. The first-order valence-electron chi connectivity index (χ1n) is 7.11. The van der Waals surface area contributed by atoms with Crippen LogP contribution in [-0.2, 0) is 18.6 Å². The van der Waals surface area contributed by atoms with E-state index in [1.807, 2.05) is 0 Å². The van der Waals surface area contributed by atoms with Crippen molar-refractivity contribution in [3.05, 3.63) is 44.4 Å². The molecular formula is C15H12N2O4S2. The van der Waals surface area contributed by atoms with Crippen LogP contribution >= 0.6 is 23.1 Å². The number of aromatic amines is 1. The number of hydrogen-bond acceptors (Lipinski definition) is 6. The Bertz CT molecular complexity index is 970. The fourth-order valence-corrected chi connectivity index (χ4v) is 4.84. The highest BCUT2D eigenvalue weighted by molar-refractivity contribution is 7.98. The summed E-state index contributed by atoms with van der Waals surface area (Å²) >= 11 is 2.92. The quantitative estimate of drug-likeness (QED) is 0.556. The third-order valence-corrected chi connectivity index (χ3v) is 5.86. The van der Waals surface area contributed by atoms with Gasteiger partial charge in [0, 0.05) is 4.88 Å². The van der Waals surface area contributed by atoms with Gasteiger partial charge in [-0.1, -0.05) is 11.8 Å². The van der Waals surface area contributed by atoms with Crippen LogP contribution in [0.15, 0.2) is 26.5 Å². The first kappa shape index (κ1) is 14.5. The number of thiophene rings is 1. The maximum atomic E-state index is 12.3. The summed E-state index contributed by atoms with van der Waals surface area (Å²) < 4.78 is 5.20. The van der Waals surface area contributed by atoms with E-state index in [1.165, 1.54) is 22.7 Å². The monoisotopic (exact) mass is 348 g/mol. The van der Waals surface area contributed by atoms with Crippen LogP contribution in [-0.4, -0.2) is 21.0 Å². The van der Waals surface area contributed by atoms with Crippen molar-refractivity contribution >= 4 is 39.3 Å². The number of thioether (sulfide) groups is 1. The summed E-state index contributed by atoms with van der Waals surface area (Å²) in [6.07, 6.45) is 3.09. The number of fused-ring (bicyclic) bond motifs is 3. The van der Waals surface area contributed by atoms with Crippen molar-refractivity contribution < 1.29 is 14.3 Å². The van der Waals surface area contributed by atoms with E-state index >= 15 is 0 Å². The Labute approximate surface area is 138 Å². The molecule has 4 rings (SSSR count). The van der Waals surface area contributed by atoms with E-state index in [0.29, 0.717) is 16.7 Å². The largest absolute Gasteiger partial charge is 0.475 e. The second-order valence-corrected chi connectivity index (χ2v) is 7.32. The second kappa shape index (κ2) is 5.54. The normalized spacial score (nSPS) is 13.6. The Kier molecular flexibility index (Phi) is 3.50. The smallest absolute Gasteiger partial charge is 0.371 e. The molecular weight excluding hydrogens is 336 g/mol. The molecule has 0 bridgehead atoms. The van der Waals surface area contributed by atoms with Gasteiger partial charge in [-0.2, -0.15) is 0 Å². The Morgan fingerprint density at radius 1 is 1.43 bits per heavy atom. The van der Waals surface area contributed by atoms with Crippen molar-refractivity contribution in [2.75, 3.05) is 0 Å². The zero-order chi connectivity index (χ0) is 16.0. The van der Waals surface area contributed by atoms with Gasteiger partial charge in [-0.15, -0.1) is 11.3 Å². The standard InChI is InChI=1S/C15H12N2O4S2/c18-12-11-8-2-1-3-10(8)23-13(11)17-15(16-12)22-6-7-4-5-9(21-7)14(19)20/h4-5H,1-3,6H2,(H,19,20)(H,16,17,18). The van der Waals surface area contributed by atoms with Gasteiger partial charge in [0.1, 0.15) is 10.6 Å². The minimum atomic E-state index is -1.10. The van der Waals surface area contributed by atoms with Crippen LogP contribution in [0.25, 0.3) is 10.2 Å². The van der Waals surface area contributed by atoms with E-state index in [4.69, 9.17) is 9.52 Å². The van der Waals surface area contributed by atoms with Gasteiger partial charge >= 0.3 is 5.97 Å². The van der Waals surface area contributed by atoms with Gasteiger partial charge in [0.25, 0.3) is 5.56 Å². The lowest BCUT2D eigenvalue weighted by atomic mass is 10.2. The second-order valence-electron chi connectivity index (χ2n) is 5.27. The number of nitrogens with one attached hydrogen (secondary N) is 1. The van der Waals surface area contributed by atoms with Crippen molar-refractivity contribution in [2.24, 2.45) is 0 Å². The van der Waals surface area contributed by atoms with Crippen LogP contribution in [0.1, 0.15) is 33.2 Å². The molecule has 0 atom stereocenters. The maximum Gasteiger partial charge on any atom is 0.371 e. The first-order valence-corrected chi connectivity index (χ1v) is 8.91. The van der Waals surface area contributed by atoms with Crippen molar-refractivity contribution in [2.45, 2.75) is 30.2 Å². The zero-order valence-electron chi connectivity index (χ0n) is 11.9. The zero-order valence-corrected chi connectivity index (χ0v) is 13.6. The summed E-state index contributed by atoms with van der Waals surface area (Å²) in [4.78, 5) is 32.5. The Balaban J connectivity index is 1.59. The number of carboxylic acids is 1. The molecule has 0 radical (unpaired) electrons. The number of aryl methyl sites for hydroxylation is 2. The molecule has 0 spiro atoms. The van der Waals surface area contributed by atoms with E-state index in [9.17, 15) is 9.59 Å². The predicted molar refractivity (Wildman–Crippen MR) is 87.5 cm³/mol. The highest BCUT2D eigenvalue weighted by Gasteiger charge is 2.21. The van der Waals surface area contributed by atoms with Crippen molar-refractivity contribution in [1.82, 2.24) is 9.97 Å². The van der Waals surface area contributed by atoms with Crippen LogP contribution in [0.4, 0.5) is 0 Å². The lowest BCUT2D eigenvalue weighted by Gasteiger charge is -2.00. The van der Waals surface area contributed by atoms with Crippen LogP contribution in [0.3, 0.4) is 0 Å². The van der Waals surface area contributed by atoms with Crippen LogP contribution in [0.5, 0.6) is 0 Å². The molecule has 3 aromatic heterocycles. The average molecular weight is 348 g/mol. The number of furan rings is 1. The van der Waals surface area contributed by atoms with E-state index in [1.54, 1.807) is 17.4 Å². The number of aromatic nitrogens is 2. The van der Waals surface area contributed by atoms with Crippen LogP contribution < -0.4 is 5.56 Å². The minimum Gasteiger partial charge on any atom is -0.475 e. The number of rotatable bonds is 4. The van der Waals surface area contributed by atoms with Gasteiger partial charge in [0.2, 0.25) is 5.76 Å². The van der Waals surface area contributed by atoms with Gasteiger partial charge < -0.3 is 14.5 Å². The van der Waals surface area contributed by atoms with Gasteiger partial charge in [0.15, 0.2) is 5.16 Å². The Morgan fingerprint density at radius 3 is 3.09 bits per heavy atom. The predicted octanol–water partition coefficient (Wildman–Crippen LogP) is 3.06. The minimum absolute atomic E-state index is 0.0906. The summed E-state index contributed by atoms with van der Waals surface area (Å²) in [6, 6.07) is 3.04. The van der Waals surface area contributed by atoms with E-state index in [2.05, 4.69) is 9.97 Å². The average Bonchev–Trinajstić information content (AvgIpc) is 3.19. The highest BCUT2D eigenvalue weighted by Crippen LogP contribution is 2.35. The molecule has 3 heterocycles. The molecule has 118 valence electrons. The lowest BCUT2D eigenvalue weighted by Crippen LogP contribution is -2.09. The third kappa shape index (κ3) is 2.57. The molecule has 0 saturated heterocycles. The van der Waals surface area contributed by atoms with Crippen LogP contribution in [0.2, 0.25) is 0 Å². The fraction of sp³-hybridized carbons (Fsp3) is 0.267. The summed E-state index contributed by atoms with van der Waals surface area (Å²) in [5.41, 5.74) is 1.06. The number of H-pyrrole nitrogens is 1. The number of aromatic carboxylic acids is 1. The molecule has 3 aromatic rings. The molecule has 0 fully saturated rings. The third-order valence-electron chi connectivity index (χ3n) is 3.78. The molecule has 0 saturated carbocycles. The van der Waals surface area contributed by atoms with Gasteiger partial charge in [-0.3, -0.25) is 4.79 Å². The molecule has 0 amide bonds. The highest BCUT2D eigenvalue weighted by atomic mass is 32.2. The lowest BCUT2D eigenvalue weighted by molar-refractivity contribution is 0.0661. The molecule has 1 aliphatic rings. The SMILES string of the molecule is O=C(O)c1ccc(CSc2nc3sc4c(c3c(=O)[nH]2)CCC4)o1. The van der Waals surface area contributed by atoms with E-state index in [-0.39, 0.29) is 11.3 Å². The van der Waals surface area contributed by atoms with Gasteiger partial charge in [-0.05, 0) is 37.0 Å². The van der Waals surface area contributed by atoms with Gasteiger partial charge in [0.05, 0.1) is 11.1 Å². The summed E-state index contributed by atoms with van der Waals surface area (Å²) in [5.74, 6) is -0.245. The molecule has 0 unspecified atom stereocenters. The van der Waals surface area contributed by atoms with Crippen molar-refractivity contribution in [3.8, 4) is 0 Å². The topological polar surface area (TPSA) is 96.2 Å².